The summed E-state index contributed by atoms with van der Waals surface area (Å²) < 4.78 is 5.36. The van der Waals surface area contributed by atoms with Crippen molar-refractivity contribution in [2.45, 2.75) is 6.54 Å². The highest BCUT2D eigenvalue weighted by molar-refractivity contribution is 5.62. The van der Waals surface area contributed by atoms with E-state index in [1.807, 2.05) is 24.4 Å². The third-order valence-electron chi connectivity index (χ3n) is 3.80. The molecule has 0 amide bonds. The maximum atomic E-state index is 5.36. The Morgan fingerprint density at radius 3 is 2.81 bits per heavy atom. The van der Waals surface area contributed by atoms with E-state index in [0.717, 1.165) is 51.6 Å². The first kappa shape index (κ1) is 14.3. The monoisotopic (exact) mass is 286 g/mol. The summed E-state index contributed by atoms with van der Waals surface area (Å²) in [6.45, 7) is 6.71. The van der Waals surface area contributed by atoms with E-state index in [4.69, 9.17) is 4.74 Å². The fourth-order valence-electron chi connectivity index (χ4n) is 2.58. The number of aromatic nitrogens is 2. The van der Waals surface area contributed by atoms with Crippen LogP contribution in [0.25, 0.3) is 11.3 Å². The Morgan fingerprint density at radius 2 is 2.00 bits per heavy atom. The molecule has 3 rings (SSSR count). The van der Waals surface area contributed by atoms with Crippen molar-refractivity contribution >= 4 is 0 Å². The van der Waals surface area contributed by atoms with E-state index in [2.05, 4.69) is 32.5 Å². The predicted molar refractivity (Wildman–Crippen MR) is 83.0 cm³/mol. The molecule has 0 bridgehead atoms. The number of ether oxygens (including phenoxy) is 1. The topological polar surface area (TPSA) is 53.2 Å². The number of hydrogen-bond donors (Lipinski definition) is 2. The summed E-state index contributed by atoms with van der Waals surface area (Å²) in [5.41, 5.74) is 3.50. The summed E-state index contributed by atoms with van der Waals surface area (Å²) in [6.07, 6.45) is 1.91. The maximum absolute atomic E-state index is 5.36. The first-order valence-electron chi connectivity index (χ1n) is 7.52. The van der Waals surface area contributed by atoms with E-state index >= 15 is 0 Å². The molecule has 1 aromatic carbocycles. The summed E-state index contributed by atoms with van der Waals surface area (Å²) in [7, 11) is 0. The SMILES string of the molecule is c1ccc(-c2[nH]ncc2CNCCN2CCOCC2)cc1. The van der Waals surface area contributed by atoms with Crippen molar-refractivity contribution in [1.29, 1.82) is 0 Å². The molecular formula is C16H22N4O. The molecule has 112 valence electrons. The van der Waals surface area contributed by atoms with Crippen LogP contribution in [0.3, 0.4) is 0 Å². The second-order valence-electron chi connectivity index (χ2n) is 5.27. The lowest BCUT2D eigenvalue weighted by Crippen LogP contribution is -2.40. The molecule has 2 heterocycles. The van der Waals surface area contributed by atoms with E-state index in [-0.39, 0.29) is 0 Å². The van der Waals surface area contributed by atoms with Crippen molar-refractivity contribution in [3.63, 3.8) is 0 Å². The highest BCUT2D eigenvalue weighted by atomic mass is 16.5. The van der Waals surface area contributed by atoms with Crippen LogP contribution in [0.2, 0.25) is 0 Å². The fourth-order valence-corrected chi connectivity index (χ4v) is 2.58. The second kappa shape index (κ2) is 7.36. The third-order valence-corrected chi connectivity index (χ3v) is 3.80. The number of rotatable bonds is 6. The average Bonchev–Trinajstić information content (AvgIpc) is 3.02. The van der Waals surface area contributed by atoms with Gasteiger partial charge in [0.05, 0.1) is 25.1 Å². The van der Waals surface area contributed by atoms with Crippen LogP contribution in [0.15, 0.2) is 36.5 Å². The molecule has 1 saturated heterocycles. The Hall–Kier alpha value is -1.69. The van der Waals surface area contributed by atoms with Gasteiger partial charge in [-0.2, -0.15) is 5.10 Å². The van der Waals surface area contributed by atoms with E-state index in [1.54, 1.807) is 0 Å². The highest BCUT2D eigenvalue weighted by Crippen LogP contribution is 2.20. The first-order chi connectivity index (χ1) is 10.4. The molecule has 0 saturated carbocycles. The van der Waals surface area contributed by atoms with Crippen LogP contribution < -0.4 is 5.32 Å². The van der Waals surface area contributed by atoms with Crippen LogP contribution in [-0.4, -0.2) is 54.5 Å². The van der Waals surface area contributed by atoms with Gasteiger partial charge in [-0.05, 0) is 5.56 Å². The zero-order valence-electron chi connectivity index (χ0n) is 12.2. The summed E-state index contributed by atoms with van der Waals surface area (Å²) in [5.74, 6) is 0. The molecule has 5 heteroatoms. The molecule has 2 N–H and O–H groups in total. The van der Waals surface area contributed by atoms with Crippen molar-refractivity contribution in [1.82, 2.24) is 20.4 Å². The van der Waals surface area contributed by atoms with Crippen molar-refractivity contribution in [3.8, 4) is 11.3 Å². The number of morpholine rings is 1. The summed E-state index contributed by atoms with van der Waals surface area (Å²) >= 11 is 0. The van der Waals surface area contributed by atoms with Crippen LogP contribution >= 0.6 is 0 Å². The van der Waals surface area contributed by atoms with E-state index in [1.165, 1.54) is 11.1 Å². The molecule has 0 unspecified atom stereocenters. The van der Waals surface area contributed by atoms with Gasteiger partial charge in [0.25, 0.3) is 0 Å². The lowest BCUT2D eigenvalue weighted by atomic mass is 10.1. The molecule has 0 aliphatic carbocycles. The van der Waals surface area contributed by atoms with Crippen molar-refractivity contribution in [3.05, 3.63) is 42.1 Å². The minimum absolute atomic E-state index is 0.838. The molecule has 5 nitrogen and oxygen atoms in total. The van der Waals surface area contributed by atoms with Gasteiger partial charge in [-0.3, -0.25) is 10.00 Å². The van der Waals surface area contributed by atoms with Gasteiger partial charge < -0.3 is 10.1 Å². The van der Waals surface area contributed by atoms with Gasteiger partial charge in [-0.1, -0.05) is 30.3 Å². The number of H-pyrrole nitrogens is 1. The van der Waals surface area contributed by atoms with Gasteiger partial charge in [0, 0.05) is 38.3 Å². The quantitative estimate of drug-likeness (QED) is 0.790. The van der Waals surface area contributed by atoms with Crippen molar-refractivity contribution in [2.75, 3.05) is 39.4 Å². The molecule has 1 aromatic heterocycles. The molecular weight excluding hydrogens is 264 g/mol. The Balaban J connectivity index is 1.49. The molecule has 2 aromatic rings. The van der Waals surface area contributed by atoms with Crippen LogP contribution in [0.5, 0.6) is 0 Å². The van der Waals surface area contributed by atoms with Crippen molar-refractivity contribution < 1.29 is 4.74 Å². The van der Waals surface area contributed by atoms with E-state index in [0.29, 0.717) is 0 Å². The molecule has 1 fully saturated rings. The summed E-state index contributed by atoms with van der Waals surface area (Å²) in [6, 6.07) is 10.3. The number of hydrogen-bond acceptors (Lipinski definition) is 4. The minimum Gasteiger partial charge on any atom is -0.379 e. The van der Waals surface area contributed by atoms with Crippen LogP contribution in [-0.2, 0) is 11.3 Å². The largest absolute Gasteiger partial charge is 0.379 e. The van der Waals surface area contributed by atoms with Crippen molar-refractivity contribution in [2.24, 2.45) is 0 Å². The number of nitrogens with zero attached hydrogens (tertiary/aromatic N) is 2. The fraction of sp³-hybridized carbons (Fsp3) is 0.438. The third kappa shape index (κ3) is 3.91. The van der Waals surface area contributed by atoms with Gasteiger partial charge in [-0.15, -0.1) is 0 Å². The molecule has 1 aliphatic heterocycles. The summed E-state index contributed by atoms with van der Waals surface area (Å²) in [4.78, 5) is 2.43. The lowest BCUT2D eigenvalue weighted by Gasteiger charge is -2.26. The van der Waals surface area contributed by atoms with Gasteiger partial charge in [0.2, 0.25) is 0 Å². The molecule has 1 aliphatic rings. The standard InChI is InChI=1S/C16H22N4O/c1-2-4-14(5-3-1)16-15(13-18-19-16)12-17-6-7-20-8-10-21-11-9-20/h1-5,13,17H,6-12H2,(H,18,19). The number of aromatic amines is 1. The normalized spacial score (nSPS) is 16.2. The molecule has 0 spiro atoms. The van der Waals surface area contributed by atoms with Gasteiger partial charge in [0.15, 0.2) is 0 Å². The maximum Gasteiger partial charge on any atom is 0.0695 e. The zero-order chi connectivity index (χ0) is 14.3. The highest BCUT2D eigenvalue weighted by Gasteiger charge is 2.10. The average molecular weight is 286 g/mol. The Bertz CT molecular complexity index is 534. The Kier molecular flexibility index (Phi) is 4.99. The molecule has 0 atom stereocenters. The molecule has 21 heavy (non-hydrogen) atoms. The number of benzene rings is 1. The Morgan fingerprint density at radius 1 is 1.19 bits per heavy atom. The zero-order valence-corrected chi connectivity index (χ0v) is 12.2. The van der Waals surface area contributed by atoms with Crippen LogP contribution in [0, 0.1) is 0 Å². The predicted octanol–water partition coefficient (Wildman–Crippen LogP) is 1.50. The first-order valence-corrected chi connectivity index (χ1v) is 7.52. The number of nitrogens with one attached hydrogen (secondary N) is 2. The van der Waals surface area contributed by atoms with Gasteiger partial charge >= 0.3 is 0 Å². The second-order valence-corrected chi connectivity index (χ2v) is 5.27. The van der Waals surface area contributed by atoms with E-state index in [9.17, 15) is 0 Å². The van der Waals surface area contributed by atoms with Crippen LogP contribution in [0.1, 0.15) is 5.56 Å². The molecule has 0 radical (unpaired) electrons. The van der Waals surface area contributed by atoms with E-state index < -0.39 is 0 Å². The summed E-state index contributed by atoms with van der Waals surface area (Å²) in [5, 5.41) is 10.8. The van der Waals surface area contributed by atoms with Crippen LogP contribution in [0.4, 0.5) is 0 Å². The Labute approximate surface area is 125 Å². The van der Waals surface area contributed by atoms with Gasteiger partial charge in [-0.25, -0.2) is 0 Å². The minimum atomic E-state index is 0.838. The van der Waals surface area contributed by atoms with Gasteiger partial charge in [0.1, 0.15) is 0 Å². The lowest BCUT2D eigenvalue weighted by molar-refractivity contribution is 0.0384. The smallest absolute Gasteiger partial charge is 0.0695 e.